The average molecular weight is 545 g/mol. The van der Waals surface area contributed by atoms with Crippen LogP contribution in [0.25, 0.3) is 0 Å². The number of pyridine rings is 1. The molecule has 5 rings (SSSR count). The Bertz CT molecular complexity index is 1510. The van der Waals surface area contributed by atoms with Gasteiger partial charge in [0, 0.05) is 68.5 Å². The predicted molar refractivity (Wildman–Crippen MR) is 147 cm³/mol. The number of benzene rings is 1. The fraction of sp³-hybridized carbons (Fsp3) is 0.267. The third kappa shape index (κ3) is 6.41. The molecule has 3 aliphatic rings. The molecule has 0 atom stereocenters. The third-order valence-electron chi connectivity index (χ3n) is 6.78. The van der Waals surface area contributed by atoms with E-state index in [2.05, 4.69) is 44.7 Å². The number of rotatable bonds is 5. The molecule has 0 saturated carbocycles. The molecule has 1 amide bonds. The fourth-order valence-corrected chi connectivity index (χ4v) is 4.58. The number of alkyl halides is 3. The Morgan fingerprint density at radius 1 is 1.10 bits per heavy atom. The lowest BCUT2D eigenvalue weighted by molar-refractivity contribution is -0.138. The second kappa shape index (κ2) is 11.8. The molecule has 2 aromatic rings. The number of aromatic nitrogens is 1. The number of anilines is 1. The second-order valence-electron chi connectivity index (χ2n) is 9.42. The number of allylic oxidation sites excluding steroid dienone is 3. The van der Waals surface area contributed by atoms with Crippen molar-refractivity contribution in [1.29, 1.82) is 0 Å². The van der Waals surface area contributed by atoms with Gasteiger partial charge in [0.1, 0.15) is 5.82 Å². The molecule has 3 aliphatic heterocycles. The average Bonchev–Trinajstić information content (AvgIpc) is 2.96. The highest BCUT2D eigenvalue weighted by Gasteiger charge is 2.34. The van der Waals surface area contributed by atoms with E-state index < -0.39 is 17.6 Å². The minimum absolute atomic E-state index is 0.0976. The van der Waals surface area contributed by atoms with E-state index in [1.807, 2.05) is 11.1 Å². The number of hydrogen-bond donors (Lipinski definition) is 1. The van der Waals surface area contributed by atoms with E-state index in [-0.39, 0.29) is 23.5 Å². The monoisotopic (exact) mass is 544 g/mol. The Morgan fingerprint density at radius 2 is 1.90 bits per heavy atom. The lowest BCUT2D eigenvalue weighted by Crippen LogP contribution is -2.45. The van der Waals surface area contributed by atoms with Crippen LogP contribution in [0.3, 0.4) is 0 Å². The normalized spacial score (nSPS) is 17.1. The number of nitrogens with zero attached hydrogens (tertiary/aromatic N) is 5. The van der Waals surface area contributed by atoms with Crippen LogP contribution in [0.4, 0.5) is 19.0 Å². The van der Waals surface area contributed by atoms with Gasteiger partial charge in [-0.3, -0.25) is 9.69 Å². The number of fused-ring (bicyclic) bond motifs is 1. The summed E-state index contributed by atoms with van der Waals surface area (Å²) in [5.41, 5.74) is 3.50. The molecule has 0 radical (unpaired) electrons. The van der Waals surface area contributed by atoms with E-state index in [0.29, 0.717) is 30.0 Å². The quantitative estimate of drug-likeness (QED) is 0.439. The van der Waals surface area contributed by atoms with Gasteiger partial charge in [-0.2, -0.15) is 13.2 Å². The van der Waals surface area contributed by atoms with Crippen LogP contribution in [0.15, 0.2) is 83.2 Å². The molecule has 1 N–H and O–H groups in total. The Labute approximate surface area is 230 Å². The van der Waals surface area contributed by atoms with E-state index in [0.717, 1.165) is 25.7 Å². The van der Waals surface area contributed by atoms with Crippen molar-refractivity contribution in [2.45, 2.75) is 19.6 Å². The number of carbonyl (C=O) groups excluding carboxylic acids is 1. The van der Waals surface area contributed by atoms with Crippen molar-refractivity contribution in [2.75, 3.05) is 38.0 Å². The maximum Gasteiger partial charge on any atom is 0.416 e. The van der Waals surface area contributed by atoms with Crippen LogP contribution in [0.1, 0.15) is 34.0 Å². The zero-order valence-electron chi connectivity index (χ0n) is 21.9. The molecule has 1 fully saturated rings. The number of likely N-dealkylation sites (N-methyl/N-ethyl adjacent to an activating group) is 1. The van der Waals surface area contributed by atoms with Gasteiger partial charge < -0.3 is 15.1 Å². The summed E-state index contributed by atoms with van der Waals surface area (Å²) >= 11 is 0. The highest BCUT2D eigenvalue weighted by Crippen LogP contribution is 2.33. The minimum Gasteiger partial charge on any atom is -0.307 e. The number of hydrogen-bond acceptors (Lipinski definition) is 6. The van der Waals surface area contributed by atoms with Gasteiger partial charge in [0.05, 0.1) is 17.3 Å². The number of nitrogens with one attached hydrogen (secondary N) is 1. The van der Waals surface area contributed by atoms with Gasteiger partial charge in [-0.05, 0) is 42.4 Å². The van der Waals surface area contributed by atoms with Crippen molar-refractivity contribution in [3.63, 3.8) is 0 Å². The first-order chi connectivity index (χ1) is 19.3. The largest absolute Gasteiger partial charge is 0.416 e. The lowest BCUT2D eigenvalue weighted by Gasteiger charge is -2.34. The first kappa shape index (κ1) is 27.2. The minimum atomic E-state index is -4.59. The molecule has 0 bridgehead atoms. The van der Waals surface area contributed by atoms with Crippen molar-refractivity contribution < 1.29 is 18.0 Å². The van der Waals surface area contributed by atoms with Crippen molar-refractivity contribution in [1.82, 2.24) is 19.7 Å². The van der Waals surface area contributed by atoms with Crippen molar-refractivity contribution in [3.8, 4) is 11.8 Å². The van der Waals surface area contributed by atoms with Crippen LogP contribution in [0.5, 0.6) is 0 Å². The molecule has 1 aromatic carbocycles. The molecule has 204 valence electrons. The molecule has 4 heterocycles. The number of amides is 1. The molecule has 10 heteroatoms. The number of carbonyl (C=O) groups is 1. The number of aliphatic imine (C=N–C) groups is 1. The third-order valence-corrected chi connectivity index (χ3v) is 6.78. The molecule has 0 aliphatic carbocycles. The first-order valence-corrected chi connectivity index (χ1v) is 12.9. The van der Waals surface area contributed by atoms with Crippen molar-refractivity contribution in [2.24, 2.45) is 4.99 Å². The van der Waals surface area contributed by atoms with Gasteiger partial charge >= 0.3 is 6.18 Å². The summed E-state index contributed by atoms with van der Waals surface area (Å²) in [6, 6.07) is 6.97. The van der Waals surface area contributed by atoms with E-state index >= 15 is 0 Å². The molecular formula is C30H27F3N6O. The summed E-state index contributed by atoms with van der Waals surface area (Å²) in [5.74, 6) is 6.23. The SMILES string of the molecule is CCN1CCN(Cc2ccc(C(=O)Nc3cc(C#CC4=C5N=CC=CN5C=C=C4)ccn3)cc2C(F)(F)F)CC1. The number of halogens is 3. The van der Waals surface area contributed by atoms with Gasteiger partial charge in [-0.1, -0.05) is 24.8 Å². The second-order valence-corrected chi connectivity index (χ2v) is 9.42. The molecule has 40 heavy (non-hydrogen) atoms. The zero-order chi connectivity index (χ0) is 28.1. The summed E-state index contributed by atoms with van der Waals surface area (Å²) in [4.78, 5) is 27.5. The summed E-state index contributed by atoms with van der Waals surface area (Å²) in [7, 11) is 0. The molecule has 0 unspecified atom stereocenters. The summed E-state index contributed by atoms with van der Waals surface area (Å²) in [6.45, 7) is 6.23. The summed E-state index contributed by atoms with van der Waals surface area (Å²) in [6.07, 6.45) is 5.68. The van der Waals surface area contributed by atoms with Gasteiger partial charge in [0.15, 0.2) is 5.82 Å². The smallest absolute Gasteiger partial charge is 0.307 e. The fourth-order valence-electron chi connectivity index (χ4n) is 4.58. The van der Waals surface area contributed by atoms with Gasteiger partial charge in [-0.25, -0.2) is 9.98 Å². The number of piperazine rings is 1. The summed E-state index contributed by atoms with van der Waals surface area (Å²) < 4.78 is 41.9. The van der Waals surface area contributed by atoms with E-state index in [1.54, 1.807) is 41.6 Å². The van der Waals surface area contributed by atoms with Crippen molar-refractivity contribution in [3.05, 3.63) is 100 Å². The van der Waals surface area contributed by atoms with Gasteiger partial charge in [0.2, 0.25) is 0 Å². The van der Waals surface area contributed by atoms with E-state index in [4.69, 9.17) is 0 Å². The van der Waals surface area contributed by atoms with Crippen LogP contribution in [0, 0.1) is 11.8 Å². The zero-order valence-corrected chi connectivity index (χ0v) is 21.9. The maximum atomic E-state index is 14.0. The Balaban J connectivity index is 1.31. The molecule has 0 spiro atoms. The topological polar surface area (TPSA) is 64.1 Å². The van der Waals surface area contributed by atoms with Crippen LogP contribution in [0.2, 0.25) is 0 Å². The standard InChI is InChI=1S/C30H27F3N6O/c1-2-37-15-17-38(18-16-37)21-25-9-8-24(20-26(25)30(31,32)33)29(40)36-27-19-22(10-12-34-27)6-7-23-5-3-13-39-14-4-11-35-28(23)39/h4-5,8-14,19-20H,2,15-18,21H2,1H3,(H,34,36,40). The van der Waals surface area contributed by atoms with E-state index in [1.165, 1.54) is 18.3 Å². The molecule has 1 saturated heterocycles. The Kier molecular flexibility index (Phi) is 7.99. The Morgan fingerprint density at radius 3 is 2.67 bits per heavy atom. The van der Waals surface area contributed by atoms with Gasteiger partial charge in [-0.15, -0.1) is 5.73 Å². The highest BCUT2D eigenvalue weighted by atomic mass is 19.4. The molecule has 1 aromatic heterocycles. The first-order valence-electron chi connectivity index (χ1n) is 12.9. The van der Waals surface area contributed by atoms with Crippen LogP contribution >= 0.6 is 0 Å². The van der Waals surface area contributed by atoms with Gasteiger partial charge in [0.25, 0.3) is 5.91 Å². The maximum absolute atomic E-state index is 14.0. The van der Waals surface area contributed by atoms with Crippen LogP contribution in [-0.4, -0.2) is 64.5 Å². The van der Waals surface area contributed by atoms with Crippen molar-refractivity contribution >= 4 is 17.9 Å². The predicted octanol–water partition coefficient (Wildman–Crippen LogP) is 4.64. The van der Waals surface area contributed by atoms with Crippen LogP contribution < -0.4 is 5.32 Å². The Hall–Kier alpha value is -4.42. The van der Waals surface area contributed by atoms with E-state index in [9.17, 15) is 18.0 Å². The highest BCUT2D eigenvalue weighted by molar-refractivity contribution is 6.04. The molecular weight excluding hydrogens is 517 g/mol. The lowest BCUT2D eigenvalue weighted by atomic mass is 10.0. The van der Waals surface area contributed by atoms with Crippen LogP contribution in [-0.2, 0) is 12.7 Å². The summed E-state index contributed by atoms with van der Waals surface area (Å²) in [5, 5.41) is 2.59. The molecule has 7 nitrogen and oxygen atoms in total.